The lowest BCUT2D eigenvalue weighted by Crippen LogP contribution is -2.48. The minimum atomic E-state index is -0.683. The van der Waals surface area contributed by atoms with Crippen molar-refractivity contribution in [3.63, 3.8) is 0 Å². The van der Waals surface area contributed by atoms with E-state index in [0.29, 0.717) is 47.7 Å². The molecule has 216 valence electrons. The van der Waals surface area contributed by atoms with Gasteiger partial charge in [-0.2, -0.15) is 0 Å². The Labute approximate surface area is 246 Å². The summed E-state index contributed by atoms with van der Waals surface area (Å²) < 4.78 is 5.74. The van der Waals surface area contributed by atoms with E-state index in [1.165, 1.54) is 0 Å². The van der Waals surface area contributed by atoms with Crippen molar-refractivity contribution in [2.24, 2.45) is 11.3 Å². The van der Waals surface area contributed by atoms with Gasteiger partial charge >= 0.3 is 6.09 Å². The Kier molecular flexibility index (Phi) is 8.35. The fraction of sp³-hybridized carbons (Fsp3) is 0.567. The third-order valence-corrected chi connectivity index (χ3v) is 9.73. The number of nitrogens with zero attached hydrogens (tertiary/aromatic N) is 4. The van der Waals surface area contributed by atoms with E-state index in [4.69, 9.17) is 27.9 Å². The molecule has 0 radical (unpaired) electrons. The van der Waals surface area contributed by atoms with Gasteiger partial charge in [0.15, 0.2) is 5.75 Å². The number of halogens is 2. The topological polar surface area (TPSA) is 86.2 Å². The van der Waals surface area contributed by atoms with Crippen LogP contribution in [0.4, 0.5) is 4.79 Å². The van der Waals surface area contributed by atoms with Gasteiger partial charge in [0.05, 0.1) is 21.8 Å². The fourth-order valence-electron chi connectivity index (χ4n) is 6.06. The molecule has 3 unspecified atom stereocenters. The molecule has 1 saturated carbocycles. The van der Waals surface area contributed by atoms with E-state index in [2.05, 4.69) is 4.98 Å². The number of aryl methyl sites for hydroxylation is 2. The number of likely N-dealkylation sites (tertiary alicyclic amines) is 2. The summed E-state index contributed by atoms with van der Waals surface area (Å²) >= 11 is 12.6. The monoisotopic (exact) mass is 588 g/mol. The zero-order chi connectivity index (χ0) is 28.8. The fourth-order valence-corrected chi connectivity index (χ4v) is 6.37. The lowest BCUT2D eigenvalue weighted by molar-refractivity contribution is -0.139. The molecular weight excluding hydrogens is 551 g/mol. The molecule has 0 bridgehead atoms. The van der Waals surface area contributed by atoms with Gasteiger partial charge in [0.25, 0.3) is 0 Å². The van der Waals surface area contributed by atoms with Crippen LogP contribution in [-0.4, -0.2) is 82.3 Å². The van der Waals surface area contributed by atoms with Gasteiger partial charge in [0.2, 0.25) is 5.91 Å². The highest BCUT2D eigenvalue weighted by molar-refractivity contribution is 6.42. The van der Waals surface area contributed by atoms with Crippen LogP contribution >= 0.6 is 23.2 Å². The maximum atomic E-state index is 13.3. The van der Waals surface area contributed by atoms with Crippen LogP contribution in [-0.2, 0) is 4.79 Å². The van der Waals surface area contributed by atoms with Gasteiger partial charge in [0.1, 0.15) is 6.23 Å². The second-order valence-corrected chi connectivity index (χ2v) is 12.7. The smallest absolute Gasteiger partial charge is 0.408 e. The number of carbonyl (C=O) groups excluding carboxylic acids is 2. The predicted octanol–water partition coefficient (Wildman–Crippen LogP) is 5.26. The Hall–Kier alpha value is -2.39. The molecule has 10 heteroatoms. The van der Waals surface area contributed by atoms with Crippen molar-refractivity contribution in [1.82, 2.24) is 19.7 Å². The molecule has 3 atom stereocenters. The summed E-state index contributed by atoms with van der Waals surface area (Å²) in [5.41, 5.74) is 2.27. The van der Waals surface area contributed by atoms with Gasteiger partial charge in [-0.3, -0.25) is 14.7 Å². The number of piperidine rings is 1. The SMILES string of the molecule is Cc1ccc(OC(=O)N(C)C2CN(C(O)C3CCN(C(=O)C4(C)CC4)CC3)CC2c2ccc(Cl)c(Cl)c2)c(C)n1. The van der Waals surface area contributed by atoms with Gasteiger partial charge in [-0.1, -0.05) is 36.2 Å². The van der Waals surface area contributed by atoms with E-state index in [-0.39, 0.29) is 29.2 Å². The molecule has 3 aliphatic rings. The highest BCUT2D eigenvalue weighted by atomic mass is 35.5. The van der Waals surface area contributed by atoms with Crippen molar-refractivity contribution < 1.29 is 19.4 Å². The number of hydrogen-bond donors (Lipinski definition) is 1. The summed E-state index contributed by atoms with van der Waals surface area (Å²) in [5, 5.41) is 12.4. The molecule has 5 rings (SSSR count). The molecule has 3 heterocycles. The van der Waals surface area contributed by atoms with Gasteiger partial charge in [-0.05, 0) is 69.4 Å². The second kappa shape index (κ2) is 11.5. The lowest BCUT2D eigenvalue weighted by Gasteiger charge is -2.38. The summed E-state index contributed by atoms with van der Waals surface area (Å²) in [4.78, 5) is 36.1. The first kappa shape index (κ1) is 29.1. The molecule has 1 aliphatic carbocycles. The number of aliphatic hydroxyl groups excluding tert-OH is 1. The van der Waals surface area contributed by atoms with Crippen molar-refractivity contribution in [3.8, 4) is 5.75 Å². The number of ether oxygens (including phenoxy) is 1. The molecule has 2 aromatic rings. The number of likely N-dealkylation sites (N-methyl/N-ethyl adjacent to an activating group) is 1. The van der Waals surface area contributed by atoms with Crippen molar-refractivity contribution in [3.05, 3.63) is 57.3 Å². The van der Waals surface area contributed by atoms with Crippen molar-refractivity contribution in [2.75, 3.05) is 33.2 Å². The van der Waals surface area contributed by atoms with Crippen LogP contribution in [0, 0.1) is 25.2 Å². The van der Waals surface area contributed by atoms with E-state index in [9.17, 15) is 14.7 Å². The first-order valence-electron chi connectivity index (χ1n) is 14.0. The van der Waals surface area contributed by atoms with Crippen molar-refractivity contribution >= 4 is 35.2 Å². The number of pyridine rings is 1. The van der Waals surface area contributed by atoms with Gasteiger partial charge in [-0.15, -0.1) is 0 Å². The molecule has 1 aromatic carbocycles. The van der Waals surface area contributed by atoms with Gasteiger partial charge in [-0.25, -0.2) is 4.79 Å². The molecule has 3 fully saturated rings. The first-order chi connectivity index (χ1) is 19.0. The van der Waals surface area contributed by atoms with Crippen LogP contribution in [0.1, 0.15) is 55.5 Å². The normalized spacial score (nSPS) is 23.6. The number of benzene rings is 1. The molecule has 1 aromatic heterocycles. The van der Waals surface area contributed by atoms with E-state index < -0.39 is 12.3 Å². The lowest BCUT2D eigenvalue weighted by atomic mass is 9.92. The Morgan fingerprint density at radius 2 is 1.80 bits per heavy atom. The van der Waals surface area contributed by atoms with Crippen LogP contribution in [0.5, 0.6) is 5.75 Å². The number of aromatic nitrogens is 1. The zero-order valence-corrected chi connectivity index (χ0v) is 25.1. The van der Waals surface area contributed by atoms with Crippen LogP contribution in [0.15, 0.2) is 30.3 Å². The molecule has 0 spiro atoms. The molecule has 2 saturated heterocycles. The number of rotatable bonds is 6. The third-order valence-electron chi connectivity index (χ3n) is 8.99. The van der Waals surface area contributed by atoms with Crippen LogP contribution < -0.4 is 4.74 Å². The van der Waals surface area contributed by atoms with Crippen LogP contribution in [0.2, 0.25) is 10.0 Å². The van der Waals surface area contributed by atoms with Crippen molar-refractivity contribution in [2.45, 2.75) is 64.6 Å². The Balaban J connectivity index is 1.30. The van der Waals surface area contributed by atoms with E-state index in [0.717, 1.165) is 36.9 Å². The van der Waals surface area contributed by atoms with E-state index in [1.54, 1.807) is 24.1 Å². The van der Waals surface area contributed by atoms with Gasteiger partial charge in [0, 0.05) is 56.2 Å². The number of carbonyl (C=O) groups is 2. The van der Waals surface area contributed by atoms with E-state index >= 15 is 0 Å². The zero-order valence-electron chi connectivity index (χ0n) is 23.6. The summed E-state index contributed by atoms with van der Waals surface area (Å²) in [5.74, 6) is 0.601. The third kappa shape index (κ3) is 5.96. The molecule has 2 aliphatic heterocycles. The average Bonchev–Trinajstić information content (AvgIpc) is 3.54. The molecule has 40 heavy (non-hydrogen) atoms. The van der Waals surface area contributed by atoms with Gasteiger partial charge < -0.3 is 19.6 Å². The average molecular weight is 590 g/mol. The molecule has 2 amide bonds. The predicted molar refractivity (Wildman–Crippen MR) is 155 cm³/mol. The van der Waals surface area contributed by atoms with E-state index in [1.807, 2.05) is 48.8 Å². The molecule has 1 N–H and O–H groups in total. The molecular formula is C30H38Cl2N4O4. The maximum Gasteiger partial charge on any atom is 0.415 e. The summed E-state index contributed by atoms with van der Waals surface area (Å²) in [6.07, 6.45) is 2.27. The highest BCUT2D eigenvalue weighted by Gasteiger charge is 2.48. The molecule has 8 nitrogen and oxygen atoms in total. The minimum absolute atomic E-state index is 0.0443. The maximum absolute atomic E-state index is 13.3. The first-order valence-corrected chi connectivity index (χ1v) is 14.8. The quantitative estimate of drug-likeness (QED) is 0.495. The number of hydrogen-bond acceptors (Lipinski definition) is 6. The second-order valence-electron chi connectivity index (χ2n) is 11.9. The largest absolute Gasteiger partial charge is 0.415 e. The Bertz CT molecular complexity index is 1280. The number of amides is 2. The summed E-state index contributed by atoms with van der Waals surface area (Å²) in [7, 11) is 1.73. The van der Waals surface area contributed by atoms with Crippen LogP contribution in [0.25, 0.3) is 0 Å². The Morgan fingerprint density at radius 1 is 1.10 bits per heavy atom. The standard InChI is InChI=1S/C30H38Cl2N4O4/c1-18-5-8-26(19(2)33-18)40-29(39)34(4)25-17-36(16-22(25)21-6-7-23(31)24(32)15-21)27(37)20-9-13-35(14-10-20)28(38)30(3)11-12-30/h5-8,15,20,22,25,27,37H,9-14,16-17H2,1-4H3. The summed E-state index contributed by atoms with van der Waals surface area (Å²) in [6.45, 7) is 8.09. The van der Waals surface area contributed by atoms with Crippen molar-refractivity contribution in [1.29, 1.82) is 0 Å². The minimum Gasteiger partial charge on any atom is -0.408 e. The highest BCUT2D eigenvalue weighted by Crippen LogP contribution is 2.47. The number of aliphatic hydroxyl groups is 1. The summed E-state index contributed by atoms with van der Waals surface area (Å²) in [6, 6.07) is 8.83. The van der Waals surface area contributed by atoms with Crippen LogP contribution in [0.3, 0.4) is 0 Å². The Morgan fingerprint density at radius 3 is 2.42 bits per heavy atom.